The van der Waals surface area contributed by atoms with Crippen molar-refractivity contribution in [3.63, 3.8) is 0 Å². The van der Waals surface area contributed by atoms with Gasteiger partial charge in [0.05, 0.1) is 17.3 Å². The van der Waals surface area contributed by atoms with Crippen molar-refractivity contribution in [2.24, 2.45) is 17.8 Å². The van der Waals surface area contributed by atoms with Gasteiger partial charge in [0, 0.05) is 11.1 Å². The van der Waals surface area contributed by atoms with Crippen molar-refractivity contribution in [2.75, 3.05) is 0 Å². The molecule has 0 amide bonds. The van der Waals surface area contributed by atoms with E-state index >= 15 is 0 Å². The average molecular weight is 537 g/mol. The van der Waals surface area contributed by atoms with Crippen LogP contribution in [-0.4, -0.2) is 14.8 Å². The molecule has 0 aliphatic carbocycles. The zero-order valence-electron chi connectivity index (χ0n) is 26.8. The highest BCUT2D eigenvalue weighted by molar-refractivity contribution is 5.81. The third-order valence-corrected chi connectivity index (χ3v) is 8.20. The Bertz CT molecular complexity index is 1460. The van der Waals surface area contributed by atoms with Crippen molar-refractivity contribution in [3.8, 4) is 28.6 Å². The number of aryl methyl sites for hydroxylation is 2. The highest BCUT2D eigenvalue weighted by Gasteiger charge is 2.29. The Kier molecular flexibility index (Phi) is 9.62. The standard InChI is InChI=1S/C36H48N4/c1-13-29(22(3)4)34(32(23(5)6)24(7)8)40-35(38-26(10)39-40)30-20-27(18-19-31(30)36(11,12)14-2)33-25(9)16-15-17-28(33)21-37/h13,15-20,22-24H,14H2,1-12H3/b29-13-. The molecule has 0 spiro atoms. The molecule has 0 unspecified atom stereocenters. The molecule has 2 aromatic carbocycles. The first-order valence-corrected chi connectivity index (χ1v) is 14.8. The topological polar surface area (TPSA) is 54.5 Å². The quantitative estimate of drug-likeness (QED) is 0.256. The van der Waals surface area contributed by atoms with E-state index < -0.39 is 0 Å². The molecule has 1 heterocycles. The van der Waals surface area contributed by atoms with E-state index in [9.17, 15) is 5.26 Å². The van der Waals surface area contributed by atoms with Gasteiger partial charge in [0.1, 0.15) is 5.82 Å². The second-order valence-corrected chi connectivity index (χ2v) is 12.5. The molecule has 4 nitrogen and oxygen atoms in total. The van der Waals surface area contributed by atoms with Crippen LogP contribution in [0.4, 0.5) is 0 Å². The van der Waals surface area contributed by atoms with Gasteiger partial charge in [-0.1, -0.05) is 92.7 Å². The van der Waals surface area contributed by atoms with Gasteiger partial charge in [0.25, 0.3) is 0 Å². The number of hydrogen-bond acceptors (Lipinski definition) is 3. The van der Waals surface area contributed by atoms with Crippen molar-refractivity contribution >= 4 is 5.70 Å². The van der Waals surface area contributed by atoms with Gasteiger partial charge in [-0.3, -0.25) is 0 Å². The molecule has 0 fully saturated rings. The highest BCUT2D eigenvalue weighted by atomic mass is 15.4. The number of benzene rings is 2. The molecule has 212 valence electrons. The molecule has 0 aliphatic heterocycles. The predicted molar refractivity (Wildman–Crippen MR) is 170 cm³/mol. The summed E-state index contributed by atoms with van der Waals surface area (Å²) in [5.74, 6) is 2.63. The molecular formula is C36H48N4. The lowest BCUT2D eigenvalue weighted by molar-refractivity contribution is 0.507. The zero-order valence-corrected chi connectivity index (χ0v) is 26.8. The van der Waals surface area contributed by atoms with Crippen LogP contribution in [-0.2, 0) is 5.41 Å². The summed E-state index contributed by atoms with van der Waals surface area (Å²) in [5, 5.41) is 15.0. The number of nitrogens with zero attached hydrogens (tertiary/aromatic N) is 4. The first-order chi connectivity index (χ1) is 18.8. The third kappa shape index (κ3) is 5.99. The molecule has 0 aliphatic rings. The second kappa shape index (κ2) is 12.4. The maximum Gasteiger partial charge on any atom is 0.163 e. The molecule has 40 heavy (non-hydrogen) atoms. The molecule has 0 saturated heterocycles. The van der Waals surface area contributed by atoms with Gasteiger partial charge in [-0.15, -0.1) is 0 Å². The van der Waals surface area contributed by atoms with E-state index in [0.717, 1.165) is 46.0 Å². The smallest absolute Gasteiger partial charge is 0.163 e. The van der Waals surface area contributed by atoms with Crippen molar-refractivity contribution in [1.82, 2.24) is 14.8 Å². The van der Waals surface area contributed by atoms with Crippen molar-refractivity contribution in [3.05, 3.63) is 76.1 Å². The summed E-state index contributed by atoms with van der Waals surface area (Å²) in [6, 6.07) is 15.0. The lowest BCUT2D eigenvalue weighted by atomic mass is 9.78. The van der Waals surface area contributed by atoms with Crippen LogP contribution in [0.15, 0.2) is 53.6 Å². The molecular weight excluding hydrogens is 488 g/mol. The van der Waals surface area contributed by atoms with Gasteiger partial charge in [-0.25, -0.2) is 9.67 Å². The number of aromatic nitrogens is 3. The van der Waals surface area contributed by atoms with Gasteiger partial charge in [-0.05, 0) is 90.3 Å². The monoisotopic (exact) mass is 536 g/mol. The summed E-state index contributed by atoms with van der Waals surface area (Å²) in [6.07, 6.45) is 3.23. The van der Waals surface area contributed by atoms with E-state index in [4.69, 9.17) is 10.1 Å². The number of allylic oxidation sites excluding steroid dienone is 4. The molecule has 0 radical (unpaired) electrons. The Hall–Kier alpha value is -3.45. The largest absolute Gasteiger partial charge is 0.213 e. The first kappa shape index (κ1) is 31.1. The zero-order chi connectivity index (χ0) is 29.9. The maximum atomic E-state index is 9.95. The summed E-state index contributed by atoms with van der Waals surface area (Å²) in [5.41, 5.74) is 9.83. The molecule has 0 bridgehead atoms. The maximum absolute atomic E-state index is 9.95. The molecule has 1 aromatic heterocycles. The summed E-state index contributed by atoms with van der Waals surface area (Å²) in [4.78, 5) is 5.11. The van der Waals surface area contributed by atoms with Gasteiger partial charge in [-0.2, -0.15) is 10.4 Å². The minimum absolute atomic E-state index is 0.0768. The Morgan fingerprint density at radius 3 is 2.17 bits per heavy atom. The molecule has 3 aromatic rings. The number of hydrogen-bond donors (Lipinski definition) is 0. The highest BCUT2D eigenvalue weighted by Crippen LogP contribution is 2.42. The van der Waals surface area contributed by atoms with Crippen LogP contribution in [0.5, 0.6) is 0 Å². The Morgan fingerprint density at radius 2 is 1.65 bits per heavy atom. The van der Waals surface area contributed by atoms with Crippen LogP contribution in [0.3, 0.4) is 0 Å². The summed E-state index contributed by atoms with van der Waals surface area (Å²) in [6.45, 7) is 26.6. The third-order valence-electron chi connectivity index (χ3n) is 8.20. The number of nitriles is 1. The summed E-state index contributed by atoms with van der Waals surface area (Å²) < 4.78 is 2.12. The molecule has 3 rings (SSSR count). The molecule has 0 N–H and O–H groups in total. The average Bonchev–Trinajstić information content (AvgIpc) is 3.28. The molecule has 0 saturated carbocycles. The van der Waals surface area contributed by atoms with Crippen LogP contribution in [0.1, 0.15) is 98.2 Å². The lowest BCUT2D eigenvalue weighted by Crippen LogP contribution is -2.19. The summed E-state index contributed by atoms with van der Waals surface area (Å²) >= 11 is 0. The van der Waals surface area contributed by atoms with E-state index in [1.165, 1.54) is 16.7 Å². The Labute approximate surface area is 242 Å². The predicted octanol–water partition coefficient (Wildman–Crippen LogP) is 9.91. The fourth-order valence-corrected chi connectivity index (χ4v) is 5.92. The van der Waals surface area contributed by atoms with Crippen LogP contribution in [0.25, 0.3) is 28.2 Å². The first-order valence-electron chi connectivity index (χ1n) is 14.8. The van der Waals surface area contributed by atoms with E-state index in [-0.39, 0.29) is 5.41 Å². The van der Waals surface area contributed by atoms with E-state index in [2.05, 4.69) is 117 Å². The van der Waals surface area contributed by atoms with Crippen molar-refractivity contribution in [2.45, 2.75) is 94.9 Å². The molecule has 0 atom stereocenters. The van der Waals surface area contributed by atoms with Crippen LogP contribution in [0, 0.1) is 42.9 Å². The SMILES string of the molecule is C/C=C(\C(=C(C(C)C)C(C)C)n1nc(C)nc1-c1cc(-c2c(C)cccc2C#N)ccc1C(C)(C)CC)C(C)C. The Morgan fingerprint density at radius 1 is 1.00 bits per heavy atom. The fraction of sp³-hybridized carbons (Fsp3) is 0.472. The van der Waals surface area contributed by atoms with Gasteiger partial charge < -0.3 is 0 Å². The van der Waals surface area contributed by atoms with Crippen LogP contribution >= 0.6 is 0 Å². The van der Waals surface area contributed by atoms with Gasteiger partial charge in [0.2, 0.25) is 0 Å². The van der Waals surface area contributed by atoms with Crippen molar-refractivity contribution < 1.29 is 0 Å². The lowest BCUT2D eigenvalue weighted by Gasteiger charge is -2.29. The second-order valence-electron chi connectivity index (χ2n) is 12.5. The van der Waals surface area contributed by atoms with Crippen molar-refractivity contribution in [1.29, 1.82) is 5.26 Å². The minimum atomic E-state index is -0.0768. The van der Waals surface area contributed by atoms with Crippen LogP contribution < -0.4 is 0 Å². The van der Waals surface area contributed by atoms with E-state index in [1.807, 2.05) is 19.1 Å². The fourth-order valence-electron chi connectivity index (χ4n) is 5.92. The minimum Gasteiger partial charge on any atom is -0.213 e. The Balaban J connectivity index is 2.53. The normalized spacial score (nSPS) is 12.4. The van der Waals surface area contributed by atoms with Gasteiger partial charge >= 0.3 is 0 Å². The number of rotatable bonds is 9. The van der Waals surface area contributed by atoms with Gasteiger partial charge in [0.15, 0.2) is 5.82 Å². The molecule has 4 heteroatoms. The van der Waals surface area contributed by atoms with E-state index in [1.54, 1.807) is 0 Å². The van der Waals surface area contributed by atoms with Crippen LogP contribution in [0.2, 0.25) is 0 Å². The summed E-state index contributed by atoms with van der Waals surface area (Å²) in [7, 11) is 0. The van der Waals surface area contributed by atoms with E-state index in [0.29, 0.717) is 23.3 Å².